The fourth-order valence-electron chi connectivity index (χ4n) is 1.87. The number of unbranched alkanes of at least 4 members (excludes halogenated alkanes) is 2. The maximum Gasteiger partial charge on any atom is 0.0795 e. The fraction of sp³-hybridized carbons (Fsp3) is 0.786. The van der Waals surface area contributed by atoms with Crippen LogP contribution in [0.4, 0.5) is 0 Å². The van der Waals surface area contributed by atoms with Crippen LogP contribution in [0.1, 0.15) is 38.8 Å². The van der Waals surface area contributed by atoms with E-state index in [1.807, 2.05) is 5.51 Å². The lowest BCUT2D eigenvalue weighted by Crippen LogP contribution is -2.21. The zero-order valence-corrected chi connectivity index (χ0v) is 12.8. The zero-order chi connectivity index (χ0) is 13.2. The highest BCUT2D eigenvalue weighted by Gasteiger charge is 2.01. The first-order valence-electron chi connectivity index (χ1n) is 6.95. The van der Waals surface area contributed by atoms with Gasteiger partial charge in [-0.15, -0.1) is 11.3 Å². The van der Waals surface area contributed by atoms with E-state index in [0.717, 1.165) is 25.6 Å². The van der Waals surface area contributed by atoms with Crippen molar-refractivity contribution in [3.8, 4) is 0 Å². The maximum atomic E-state index is 4.31. The van der Waals surface area contributed by atoms with E-state index in [-0.39, 0.29) is 0 Å². The molecule has 0 aromatic carbocycles. The molecule has 0 aliphatic rings. The molecule has 18 heavy (non-hydrogen) atoms. The minimum atomic E-state index is 0.759. The van der Waals surface area contributed by atoms with Gasteiger partial charge in [0.25, 0.3) is 0 Å². The van der Waals surface area contributed by atoms with Gasteiger partial charge in [-0.05, 0) is 45.4 Å². The van der Waals surface area contributed by atoms with Gasteiger partial charge in [-0.2, -0.15) is 0 Å². The van der Waals surface area contributed by atoms with Crippen molar-refractivity contribution >= 4 is 11.3 Å². The number of nitrogens with one attached hydrogen (secondary N) is 1. The van der Waals surface area contributed by atoms with Crippen molar-refractivity contribution in [1.82, 2.24) is 15.2 Å². The standard InChI is InChI=1S/C14H27N3S/c1-13(2)9-15-7-5-4-6-8-17(3)10-14-11-18-12-16-14/h11-13,15H,4-10H2,1-3H3. The summed E-state index contributed by atoms with van der Waals surface area (Å²) in [5.74, 6) is 0.759. The highest BCUT2D eigenvalue weighted by molar-refractivity contribution is 7.07. The largest absolute Gasteiger partial charge is 0.316 e. The van der Waals surface area contributed by atoms with Crippen LogP contribution in [0.3, 0.4) is 0 Å². The Morgan fingerprint density at radius 3 is 2.83 bits per heavy atom. The Kier molecular flexibility index (Phi) is 8.22. The highest BCUT2D eigenvalue weighted by Crippen LogP contribution is 2.05. The Bertz CT molecular complexity index is 285. The van der Waals surface area contributed by atoms with Gasteiger partial charge >= 0.3 is 0 Å². The fourth-order valence-corrected chi connectivity index (χ4v) is 2.42. The molecule has 1 rings (SSSR count). The molecule has 1 aromatic rings. The van der Waals surface area contributed by atoms with Crippen LogP contribution < -0.4 is 5.32 Å². The Morgan fingerprint density at radius 1 is 1.33 bits per heavy atom. The molecular formula is C14H27N3S. The monoisotopic (exact) mass is 269 g/mol. The zero-order valence-electron chi connectivity index (χ0n) is 12.0. The van der Waals surface area contributed by atoms with E-state index in [1.54, 1.807) is 11.3 Å². The topological polar surface area (TPSA) is 28.2 Å². The molecule has 4 heteroatoms. The van der Waals surface area contributed by atoms with Crippen molar-refractivity contribution in [3.63, 3.8) is 0 Å². The second kappa shape index (κ2) is 9.48. The average Bonchev–Trinajstić information content (AvgIpc) is 2.80. The first-order valence-corrected chi connectivity index (χ1v) is 7.89. The molecule has 1 heterocycles. The van der Waals surface area contributed by atoms with E-state index >= 15 is 0 Å². The summed E-state index contributed by atoms with van der Waals surface area (Å²) in [5.41, 5.74) is 3.10. The van der Waals surface area contributed by atoms with Gasteiger partial charge in [-0.3, -0.25) is 0 Å². The molecule has 1 N–H and O–H groups in total. The number of hydrogen-bond acceptors (Lipinski definition) is 4. The van der Waals surface area contributed by atoms with Crippen molar-refractivity contribution in [1.29, 1.82) is 0 Å². The van der Waals surface area contributed by atoms with E-state index in [4.69, 9.17) is 0 Å². The molecule has 1 aromatic heterocycles. The predicted octanol–water partition coefficient (Wildman–Crippen LogP) is 2.99. The third kappa shape index (κ3) is 7.80. The van der Waals surface area contributed by atoms with Crippen LogP contribution in [0.2, 0.25) is 0 Å². The van der Waals surface area contributed by atoms with Crippen molar-refractivity contribution in [2.75, 3.05) is 26.7 Å². The van der Waals surface area contributed by atoms with Gasteiger partial charge in [0, 0.05) is 11.9 Å². The Labute approximate surface area is 116 Å². The molecule has 0 saturated carbocycles. The summed E-state index contributed by atoms with van der Waals surface area (Å²) in [6.45, 7) is 8.95. The number of thiazole rings is 1. The summed E-state index contributed by atoms with van der Waals surface area (Å²) in [6.07, 6.45) is 3.88. The van der Waals surface area contributed by atoms with Crippen LogP contribution in [0.15, 0.2) is 10.9 Å². The third-order valence-corrected chi connectivity index (χ3v) is 3.50. The minimum Gasteiger partial charge on any atom is -0.316 e. The molecule has 0 radical (unpaired) electrons. The molecule has 0 aliphatic carbocycles. The molecule has 3 nitrogen and oxygen atoms in total. The van der Waals surface area contributed by atoms with Crippen molar-refractivity contribution in [2.45, 2.75) is 39.7 Å². The van der Waals surface area contributed by atoms with Gasteiger partial charge in [0.05, 0.1) is 11.2 Å². The van der Waals surface area contributed by atoms with Crippen molar-refractivity contribution in [3.05, 3.63) is 16.6 Å². The van der Waals surface area contributed by atoms with Gasteiger partial charge in [-0.1, -0.05) is 20.3 Å². The smallest absolute Gasteiger partial charge is 0.0795 e. The summed E-state index contributed by atoms with van der Waals surface area (Å²) in [5, 5.41) is 5.62. The first kappa shape index (κ1) is 15.6. The van der Waals surface area contributed by atoms with E-state index in [9.17, 15) is 0 Å². The summed E-state index contributed by atoms with van der Waals surface area (Å²) >= 11 is 1.68. The first-order chi connectivity index (χ1) is 8.68. The van der Waals surface area contributed by atoms with E-state index in [2.05, 4.69) is 41.5 Å². The number of hydrogen-bond donors (Lipinski definition) is 1. The SMILES string of the molecule is CC(C)CNCCCCCN(C)Cc1cscn1. The Morgan fingerprint density at radius 2 is 2.17 bits per heavy atom. The summed E-state index contributed by atoms with van der Waals surface area (Å²) in [4.78, 5) is 6.67. The summed E-state index contributed by atoms with van der Waals surface area (Å²) in [6, 6.07) is 0. The lowest BCUT2D eigenvalue weighted by molar-refractivity contribution is 0.313. The molecule has 0 aliphatic heterocycles. The average molecular weight is 269 g/mol. The Hall–Kier alpha value is -0.450. The van der Waals surface area contributed by atoms with Gasteiger partial charge in [-0.25, -0.2) is 4.98 Å². The Balaban J connectivity index is 1.91. The molecule has 0 spiro atoms. The molecular weight excluding hydrogens is 242 g/mol. The quantitative estimate of drug-likeness (QED) is 0.662. The number of rotatable bonds is 10. The van der Waals surface area contributed by atoms with Gasteiger partial charge in [0.2, 0.25) is 0 Å². The molecule has 0 saturated heterocycles. The number of aromatic nitrogens is 1. The van der Waals surface area contributed by atoms with Crippen molar-refractivity contribution in [2.24, 2.45) is 5.92 Å². The molecule has 0 bridgehead atoms. The maximum absolute atomic E-state index is 4.31. The van der Waals surface area contributed by atoms with Crippen LogP contribution in [-0.2, 0) is 6.54 Å². The van der Waals surface area contributed by atoms with Gasteiger partial charge in [0.15, 0.2) is 0 Å². The van der Waals surface area contributed by atoms with Crippen LogP contribution in [-0.4, -0.2) is 36.6 Å². The molecule has 0 unspecified atom stereocenters. The van der Waals surface area contributed by atoms with Crippen LogP contribution >= 0.6 is 11.3 Å². The van der Waals surface area contributed by atoms with E-state index in [1.165, 1.54) is 31.5 Å². The van der Waals surface area contributed by atoms with Gasteiger partial charge in [0.1, 0.15) is 0 Å². The molecule has 104 valence electrons. The second-order valence-corrected chi connectivity index (χ2v) is 6.09. The van der Waals surface area contributed by atoms with E-state index in [0.29, 0.717) is 0 Å². The summed E-state index contributed by atoms with van der Waals surface area (Å²) < 4.78 is 0. The van der Waals surface area contributed by atoms with Crippen LogP contribution in [0.25, 0.3) is 0 Å². The molecule has 0 fully saturated rings. The normalized spacial score (nSPS) is 11.6. The third-order valence-electron chi connectivity index (χ3n) is 2.86. The molecule has 0 atom stereocenters. The lowest BCUT2D eigenvalue weighted by atomic mass is 10.2. The molecule has 0 amide bonds. The second-order valence-electron chi connectivity index (χ2n) is 5.38. The van der Waals surface area contributed by atoms with Crippen LogP contribution in [0, 0.1) is 5.92 Å². The lowest BCUT2D eigenvalue weighted by Gasteiger charge is -2.15. The predicted molar refractivity (Wildman–Crippen MR) is 80.0 cm³/mol. The number of nitrogens with zero attached hydrogens (tertiary/aromatic N) is 2. The minimum absolute atomic E-state index is 0.759. The highest BCUT2D eigenvalue weighted by atomic mass is 32.1. The van der Waals surface area contributed by atoms with Crippen molar-refractivity contribution < 1.29 is 0 Å². The van der Waals surface area contributed by atoms with Crippen LogP contribution in [0.5, 0.6) is 0 Å². The van der Waals surface area contributed by atoms with Gasteiger partial charge < -0.3 is 10.2 Å². The van der Waals surface area contributed by atoms with E-state index < -0.39 is 0 Å². The summed E-state index contributed by atoms with van der Waals surface area (Å²) in [7, 11) is 2.18.